The van der Waals surface area contributed by atoms with Gasteiger partial charge in [-0.1, -0.05) is 60.2 Å². The summed E-state index contributed by atoms with van der Waals surface area (Å²) in [5.74, 6) is -2.69. The zero-order valence-electron chi connectivity index (χ0n) is 25.8. The first-order chi connectivity index (χ1) is 21.9. The standard InChI is InChI=1S/C32H34N4O9S/c1-17-11-13-23(14-12-17)25-15-24(22-9-7-6-8-10-22)33-31(34-25)36-32(46)35-30-29(44-21(5)40)28(43-20(4)39)27(42-19(3)38)26(45-30)16-41-18(2)37/h6-15,26-30H,16H2,1-5H3,(H2,33,34,35,36,46)/t26-,27-,28+,29-,30-/m1/s1. The van der Waals surface area contributed by atoms with Crippen molar-refractivity contribution in [1.82, 2.24) is 15.3 Å². The lowest BCUT2D eigenvalue weighted by atomic mass is 9.97. The highest BCUT2D eigenvalue weighted by Crippen LogP contribution is 2.29. The molecule has 5 atom stereocenters. The van der Waals surface area contributed by atoms with E-state index in [1.54, 1.807) is 0 Å². The van der Waals surface area contributed by atoms with Crippen LogP contribution in [-0.2, 0) is 42.9 Å². The number of ether oxygens (including phenoxy) is 5. The van der Waals surface area contributed by atoms with Crippen molar-refractivity contribution in [1.29, 1.82) is 0 Å². The van der Waals surface area contributed by atoms with Gasteiger partial charge < -0.3 is 34.3 Å². The summed E-state index contributed by atoms with van der Waals surface area (Å²) in [5.41, 5.74) is 4.05. The molecule has 0 bridgehead atoms. The smallest absolute Gasteiger partial charge is 0.303 e. The molecule has 1 aliphatic heterocycles. The number of nitrogens with one attached hydrogen (secondary N) is 2. The molecular formula is C32H34N4O9S. The molecule has 242 valence electrons. The highest BCUT2D eigenvalue weighted by atomic mass is 32.1. The zero-order valence-corrected chi connectivity index (χ0v) is 26.7. The molecule has 1 saturated heterocycles. The van der Waals surface area contributed by atoms with Crippen LogP contribution in [0, 0.1) is 6.92 Å². The van der Waals surface area contributed by atoms with Gasteiger partial charge in [0, 0.05) is 38.8 Å². The third kappa shape index (κ3) is 9.28. The molecule has 1 aliphatic rings. The first kappa shape index (κ1) is 33.9. The first-order valence-electron chi connectivity index (χ1n) is 14.3. The second-order valence-electron chi connectivity index (χ2n) is 10.4. The van der Waals surface area contributed by atoms with E-state index in [0.29, 0.717) is 11.4 Å². The molecule has 2 N–H and O–H groups in total. The molecule has 14 heteroatoms. The predicted octanol–water partition coefficient (Wildman–Crippen LogP) is 3.49. The number of nitrogens with zero attached hydrogens (tertiary/aromatic N) is 2. The van der Waals surface area contributed by atoms with E-state index < -0.39 is 54.5 Å². The van der Waals surface area contributed by atoms with Crippen LogP contribution in [0.5, 0.6) is 0 Å². The van der Waals surface area contributed by atoms with Gasteiger partial charge in [0.25, 0.3) is 0 Å². The molecule has 13 nitrogen and oxygen atoms in total. The third-order valence-electron chi connectivity index (χ3n) is 6.63. The summed E-state index contributed by atoms with van der Waals surface area (Å²) >= 11 is 5.59. The van der Waals surface area contributed by atoms with Crippen LogP contribution >= 0.6 is 12.2 Å². The van der Waals surface area contributed by atoms with Crippen molar-refractivity contribution in [3.05, 3.63) is 66.2 Å². The molecule has 1 aromatic heterocycles. The van der Waals surface area contributed by atoms with Gasteiger partial charge in [0.2, 0.25) is 5.95 Å². The van der Waals surface area contributed by atoms with Gasteiger partial charge in [0.05, 0.1) is 11.4 Å². The van der Waals surface area contributed by atoms with Gasteiger partial charge in [-0.3, -0.25) is 19.2 Å². The van der Waals surface area contributed by atoms with Crippen LogP contribution in [0.25, 0.3) is 22.5 Å². The molecule has 0 amide bonds. The summed E-state index contributed by atoms with van der Waals surface area (Å²) in [7, 11) is 0. The van der Waals surface area contributed by atoms with Gasteiger partial charge in [-0.25, -0.2) is 9.97 Å². The second-order valence-corrected chi connectivity index (χ2v) is 10.8. The fourth-order valence-corrected chi connectivity index (χ4v) is 4.95. The number of hydrogen-bond acceptors (Lipinski definition) is 12. The Hall–Kier alpha value is -4.95. The summed E-state index contributed by atoms with van der Waals surface area (Å²) < 4.78 is 27.6. The van der Waals surface area contributed by atoms with E-state index in [-0.39, 0.29) is 17.7 Å². The van der Waals surface area contributed by atoms with Crippen LogP contribution in [0.15, 0.2) is 60.7 Å². The van der Waals surface area contributed by atoms with E-state index in [4.69, 9.17) is 35.9 Å². The number of benzene rings is 2. The highest BCUT2D eigenvalue weighted by molar-refractivity contribution is 7.80. The molecule has 0 unspecified atom stereocenters. The van der Waals surface area contributed by atoms with E-state index in [0.717, 1.165) is 37.5 Å². The summed E-state index contributed by atoms with van der Waals surface area (Å²) in [4.78, 5) is 57.2. The summed E-state index contributed by atoms with van der Waals surface area (Å²) in [6, 6.07) is 19.2. The van der Waals surface area contributed by atoms with Crippen molar-refractivity contribution in [3.63, 3.8) is 0 Å². The molecular weight excluding hydrogens is 616 g/mol. The number of esters is 4. The van der Waals surface area contributed by atoms with Crippen molar-refractivity contribution in [3.8, 4) is 22.5 Å². The molecule has 0 aliphatic carbocycles. The normalized spacial score (nSPS) is 20.5. The van der Waals surface area contributed by atoms with E-state index in [2.05, 4.69) is 20.6 Å². The van der Waals surface area contributed by atoms with Gasteiger partial charge in [0.1, 0.15) is 12.7 Å². The minimum absolute atomic E-state index is 0.0408. The first-order valence-corrected chi connectivity index (χ1v) is 14.7. The quantitative estimate of drug-likeness (QED) is 0.196. The molecule has 4 rings (SSSR count). The molecule has 0 spiro atoms. The number of aromatic nitrogens is 2. The Morgan fingerprint density at radius 3 is 1.87 bits per heavy atom. The van der Waals surface area contributed by atoms with E-state index >= 15 is 0 Å². The van der Waals surface area contributed by atoms with Gasteiger partial charge in [0.15, 0.2) is 29.7 Å². The van der Waals surface area contributed by atoms with E-state index in [1.165, 1.54) is 6.92 Å². The maximum atomic E-state index is 12.2. The minimum Gasteiger partial charge on any atom is -0.463 e. The monoisotopic (exact) mass is 650 g/mol. The van der Waals surface area contributed by atoms with Crippen LogP contribution in [-0.4, -0.2) is 76.2 Å². The minimum atomic E-state index is -1.36. The van der Waals surface area contributed by atoms with Crippen LogP contribution in [0.2, 0.25) is 0 Å². The fourth-order valence-electron chi connectivity index (χ4n) is 4.74. The van der Waals surface area contributed by atoms with Gasteiger partial charge in [-0.2, -0.15) is 0 Å². The topological polar surface area (TPSA) is 164 Å². The summed E-state index contributed by atoms with van der Waals surface area (Å²) in [6.07, 6.45) is -6.42. The molecule has 0 radical (unpaired) electrons. The maximum absolute atomic E-state index is 12.2. The Balaban J connectivity index is 1.66. The number of carbonyl (C=O) groups excluding carboxylic acids is 4. The van der Waals surface area contributed by atoms with Gasteiger partial charge in [-0.15, -0.1) is 0 Å². The fraction of sp³-hybridized carbons (Fsp3) is 0.344. The Labute approximate surface area is 270 Å². The molecule has 46 heavy (non-hydrogen) atoms. The largest absolute Gasteiger partial charge is 0.463 e. The summed E-state index contributed by atoms with van der Waals surface area (Å²) in [5, 5.41) is 5.83. The number of thiocarbonyl (C=S) groups is 1. The highest BCUT2D eigenvalue weighted by Gasteiger charge is 2.52. The molecule has 3 aromatic rings. The van der Waals surface area contributed by atoms with Crippen LogP contribution in [0.1, 0.15) is 33.3 Å². The lowest BCUT2D eigenvalue weighted by Gasteiger charge is -2.44. The van der Waals surface area contributed by atoms with Crippen LogP contribution < -0.4 is 10.6 Å². The number of anilines is 1. The SMILES string of the molecule is CC(=O)OC[C@H]1O[C@@H](NC(=S)Nc2nc(-c3ccccc3)cc(-c3ccc(C)cc3)n2)[C@H](OC(C)=O)[C@@H](OC(C)=O)[C@@H]1OC(C)=O. The summed E-state index contributed by atoms with van der Waals surface area (Å²) in [6.45, 7) is 6.25. The maximum Gasteiger partial charge on any atom is 0.303 e. The average Bonchev–Trinajstić information content (AvgIpc) is 2.99. The van der Waals surface area contributed by atoms with E-state index in [1.807, 2.05) is 67.6 Å². The van der Waals surface area contributed by atoms with Crippen molar-refractivity contribution in [2.24, 2.45) is 0 Å². The Morgan fingerprint density at radius 2 is 1.30 bits per heavy atom. The van der Waals surface area contributed by atoms with Crippen molar-refractivity contribution in [2.45, 2.75) is 65.3 Å². The predicted molar refractivity (Wildman–Crippen MR) is 169 cm³/mol. The number of rotatable bonds is 9. The lowest BCUT2D eigenvalue weighted by Crippen LogP contribution is -2.66. The molecule has 2 heterocycles. The molecule has 2 aromatic carbocycles. The van der Waals surface area contributed by atoms with Crippen LogP contribution in [0.3, 0.4) is 0 Å². The Morgan fingerprint density at radius 1 is 0.761 bits per heavy atom. The van der Waals surface area contributed by atoms with Crippen molar-refractivity contribution in [2.75, 3.05) is 11.9 Å². The molecule has 0 saturated carbocycles. The van der Waals surface area contributed by atoms with Gasteiger partial charge in [-0.05, 0) is 25.2 Å². The van der Waals surface area contributed by atoms with Crippen molar-refractivity contribution >= 4 is 47.2 Å². The Bertz CT molecular complexity index is 1590. The van der Waals surface area contributed by atoms with E-state index in [9.17, 15) is 19.2 Å². The number of carbonyl (C=O) groups is 4. The van der Waals surface area contributed by atoms with Crippen molar-refractivity contribution < 1.29 is 42.9 Å². The van der Waals surface area contributed by atoms with Crippen LogP contribution in [0.4, 0.5) is 5.95 Å². The number of hydrogen-bond donors (Lipinski definition) is 2. The Kier molecular flexibility index (Phi) is 11.3. The number of aryl methyl sites for hydroxylation is 1. The lowest BCUT2D eigenvalue weighted by molar-refractivity contribution is -0.254. The average molecular weight is 651 g/mol. The molecule has 1 fully saturated rings. The third-order valence-corrected chi connectivity index (χ3v) is 6.85. The second kappa shape index (κ2) is 15.4. The zero-order chi connectivity index (χ0) is 33.4. The van der Waals surface area contributed by atoms with Gasteiger partial charge >= 0.3 is 23.9 Å².